The molecule has 4 rings (SSSR count). The Balaban J connectivity index is 1.35. The van der Waals surface area contributed by atoms with Crippen LogP contribution in [0, 0.1) is 0 Å². The van der Waals surface area contributed by atoms with Crippen LogP contribution in [0.5, 0.6) is 0 Å². The van der Waals surface area contributed by atoms with Crippen LogP contribution in [-0.4, -0.2) is 90.8 Å². The van der Waals surface area contributed by atoms with E-state index in [4.69, 9.17) is 5.11 Å². The summed E-state index contributed by atoms with van der Waals surface area (Å²) in [5.41, 5.74) is 4.31. The van der Waals surface area contributed by atoms with Crippen LogP contribution in [0.4, 0.5) is 17.3 Å². The van der Waals surface area contributed by atoms with Crippen molar-refractivity contribution >= 4 is 23.3 Å². The van der Waals surface area contributed by atoms with Crippen LogP contribution >= 0.6 is 0 Å². The molecule has 9 nitrogen and oxygen atoms in total. The van der Waals surface area contributed by atoms with Crippen LogP contribution in [0.25, 0.3) is 11.1 Å². The van der Waals surface area contributed by atoms with Gasteiger partial charge in [0.2, 0.25) is 0 Å². The number of rotatable bonds is 12. The number of aliphatic carboxylic acids is 1. The van der Waals surface area contributed by atoms with Crippen molar-refractivity contribution in [1.82, 2.24) is 25.1 Å². The summed E-state index contributed by atoms with van der Waals surface area (Å²) in [7, 11) is 4.04. The minimum Gasteiger partial charge on any atom is -0.480 e. The summed E-state index contributed by atoms with van der Waals surface area (Å²) >= 11 is 0. The van der Waals surface area contributed by atoms with Crippen LogP contribution < -0.4 is 15.5 Å². The largest absolute Gasteiger partial charge is 0.480 e. The van der Waals surface area contributed by atoms with E-state index in [0.717, 1.165) is 80.7 Å². The second-order valence-corrected chi connectivity index (χ2v) is 9.48. The van der Waals surface area contributed by atoms with Crippen molar-refractivity contribution in [2.75, 3.05) is 70.1 Å². The summed E-state index contributed by atoms with van der Waals surface area (Å²) in [6.07, 6.45) is 4.80. The van der Waals surface area contributed by atoms with Gasteiger partial charge in [0.25, 0.3) is 0 Å². The molecular weight excluding hydrogens is 466 g/mol. The molecule has 1 saturated heterocycles. The molecule has 0 bridgehead atoms. The number of hydrogen-bond acceptors (Lipinski definition) is 8. The molecule has 0 saturated carbocycles. The summed E-state index contributed by atoms with van der Waals surface area (Å²) in [5.74, 6) is 0.985. The number of hydrogen-bond donors (Lipinski definition) is 3. The van der Waals surface area contributed by atoms with E-state index in [-0.39, 0.29) is 6.54 Å². The summed E-state index contributed by atoms with van der Waals surface area (Å²) in [5, 5.41) is 15.6. The summed E-state index contributed by atoms with van der Waals surface area (Å²) < 4.78 is 0. The van der Waals surface area contributed by atoms with Crippen molar-refractivity contribution < 1.29 is 9.90 Å². The Kier molecular flexibility index (Phi) is 9.42. The molecule has 1 aliphatic rings. The predicted molar refractivity (Wildman–Crippen MR) is 148 cm³/mol. The maximum atomic E-state index is 10.9. The number of piperazine rings is 1. The van der Waals surface area contributed by atoms with E-state index in [0.29, 0.717) is 0 Å². The number of aromatic nitrogens is 2. The number of pyridine rings is 2. The van der Waals surface area contributed by atoms with Gasteiger partial charge in [0.1, 0.15) is 11.6 Å². The molecule has 1 aromatic carbocycles. The van der Waals surface area contributed by atoms with Crippen LogP contribution in [0.15, 0.2) is 60.9 Å². The molecule has 3 N–H and O–H groups in total. The average Bonchev–Trinajstić information content (AvgIpc) is 2.90. The Morgan fingerprint density at radius 3 is 2.57 bits per heavy atom. The third-order valence-electron chi connectivity index (χ3n) is 6.58. The molecule has 3 aromatic rings. The maximum absolute atomic E-state index is 10.9. The van der Waals surface area contributed by atoms with Crippen molar-refractivity contribution in [3.63, 3.8) is 0 Å². The van der Waals surface area contributed by atoms with Gasteiger partial charge in [0.15, 0.2) is 0 Å². The van der Waals surface area contributed by atoms with E-state index in [2.05, 4.69) is 67.8 Å². The molecule has 0 spiro atoms. The molecule has 1 aliphatic heterocycles. The monoisotopic (exact) mass is 503 g/mol. The smallest absolute Gasteiger partial charge is 0.317 e. The number of carboxylic acids is 1. The quantitative estimate of drug-likeness (QED) is 0.322. The molecule has 196 valence electrons. The SMILES string of the molecule is CNCCCN(C)c1ccc(-c2ccnc(Nc3cccc(CN4CCN(CC(=O)O)CC4)c3)c2)cn1. The first-order valence-corrected chi connectivity index (χ1v) is 12.8. The zero-order valence-electron chi connectivity index (χ0n) is 21.7. The molecule has 1 fully saturated rings. The van der Waals surface area contributed by atoms with Crippen LogP contribution in [0.1, 0.15) is 12.0 Å². The molecule has 0 amide bonds. The Labute approximate surface area is 219 Å². The summed E-state index contributed by atoms with van der Waals surface area (Å²) in [4.78, 5) is 26.6. The highest BCUT2D eigenvalue weighted by Gasteiger charge is 2.18. The van der Waals surface area contributed by atoms with Gasteiger partial charge in [-0.3, -0.25) is 14.6 Å². The second kappa shape index (κ2) is 13.1. The first-order chi connectivity index (χ1) is 18.0. The second-order valence-electron chi connectivity index (χ2n) is 9.48. The number of benzene rings is 1. The van der Waals surface area contributed by atoms with Gasteiger partial charge in [-0.2, -0.15) is 0 Å². The van der Waals surface area contributed by atoms with Crippen LogP contribution in [-0.2, 0) is 11.3 Å². The third kappa shape index (κ3) is 7.98. The fourth-order valence-electron chi connectivity index (χ4n) is 4.52. The molecule has 0 radical (unpaired) electrons. The van der Waals surface area contributed by atoms with Gasteiger partial charge in [0, 0.05) is 70.0 Å². The standard InChI is InChI=1S/C28H37N7O2/c1-29-10-4-12-33(2)27-8-7-24(19-31-27)23-9-11-30-26(18-23)32-25-6-3-5-22(17-25)20-34-13-15-35(16-14-34)21-28(36)37/h3,5-9,11,17-19,29H,4,10,12-16,20-21H2,1-2H3,(H,30,32)(H,36,37). The van der Waals surface area contributed by atoms with Crippen molar-refractivity contribution in [1.29, 1.82) is 0 Å². The van der Waals surface area contributed by atoms with Crippen LogP contribution in [0.3, 0.4) is 0 Å². The van der Waals surface area contributed by atoms with E-state index in [1.807, 2.05) is 42.5 Å². The van der Waals surface area contributed by atoms with E-state index in [1.165, 1.54) is 5.56 Å². The number of carboxylic acid groups (broad SMARTS) is 1. The number of nitrogens with zero attached hydrogens (tertiary/aromatic N) is 5. The van der Waals surface area contributed by atoms with Crippen molar-refractivity contribution in [3.8, 4) is 11.1 Å². The topological polar surface area (TPSA) is 96.9 Å². The predicted octanol–water partition coefficient (Wildman–Crippen LogP) is 3.14. The van der Waals surface area contributed by atoms with E-state index in [1.54, 1.807) is 0 Å². The van der Waals surface area contributed by atoms with Gasteiger partial charge in [-0.05, 0) is 67.5 Å². The fraction of sp³-hybridized carbons (Fsp3) is 0.393. The average molecular weight is 504 g/mol. The highest BCUT2D eigenvalue weighted by atomic mass is 16.4. The van der Waals surface area contributed by atoms with Gasteiger partial charge >= 0.3 is 5.97 Å². The van der Waals surface area contributed by atoms with Gasteiger partial charge in [0.05, 0.1) is 6.54 Å². The van der Waals surface area contributed by atoms with E-state index in [9.17, 15) is 4.79 Å². The van der Waals surface area contributed by atoms with Crippen LogP contribution in [0.2, 0.25) is 0 Å². The lowest BCUT2D eigenvalue weighted by molar-refractivity contribution is -0.138. The zero-order valence-corrected chi connectivity index (χ0v) is 21.7. The van der Waals surface area contributed by atoms with Gasteiger partial charge in [-0.1, -0.05) is 12.1 Å². The first-order valence-electron chi connectivity index (χ1n) is 12.8. The minimum absolute atomic E-state index is 0.119. The zero-order chi connectivity index (χ0) is 26.0. The van der Waals surface area contributed by atoms with Crippen molar-refractivity contribution in [2.45, 2.75) is 13.0 Å². The normalized spacial score (nSPS) is 14.4. The molecular formula is C28H37N7O2. The number of carbonyl (C=O) groups is 1. The van der Waals surface area contributed by atoms with Gasteiger partial charge < -0.3 is 20.6 Å². The van der Waals surface area contributed by atoms with Crippen molar-refractivity contribution in [2.24, 2.45) is 0 Å². The Bertz CT molecular complexity index is 1150. The minimum atomic E-state index is -0.762. The lowest BCUT2D eigenvalue weighted by Gasteiger charge is -2.33. The summed E-state index contributed by atoms with van der Waals surface area (Å²) in [6, 6.07) is 16.6. The Morgan fingerprint density at radius 2 is 1.84 bits per heavy atom. The molecule has 3 heterocycles. The lowest BCUT2D eigenvalue weighted by Crippen LogP contribution is -2.47. The molecule has 0 atom stereocenters. The number of nitrogens with one attached hydrogen (secondary N) is 2. The third-order valence-corrected chi connectivity index (χ3v) is 6.58. The first kappa shape index (κ1) is 26.5. The van der Waals surface area contributed by atoms with E-state index >= 15 is 0 Å². The maximum Gasteiger partial charge on any atom is 0.317 e. The molecule has 0 unspecified atom stereocenters. The molecule has 0 aliphatic carbocycles. The molecule has 2 aromatic heterocycles. The highest BCUT2D eigenvalue weighted by molar-refractivity contribution is 5.69. The number of anilines is 3. The Hall–Kier alpha value is -3.53. The fourth-order valence-corrected chi connectivity index (χ4v) is 4.52. The highest BCUT2D eigenvalue weighted by Crippen LogP contribution is 2.24. The molecule has 37 heavy (non-hydrogen) atoms. The Morgan fingerprint density at radius 1 is 1.03 bits per heavy atom. The van der Waals surface area contributed by atoms with Gasteiger partial charge in [-0.25, -0.2) is 9.97 Å². The van der Waals surface area contributed by atoms with Gasteiger partial charge in [-0.15, -0.1) is 0 Å². The van der Waals surface area contributed by atoms with Crippen molar-refractivity contribution in [3.05, 3.63) is 66.5 Å². The molecule has 9 heteroatoms. The lowest BCUT2D eigenvalue weighted by atomic mass is 10.1. The van der Waals surface area contributed by atoms with E-state index < -0.39 is 5.97 Å². The summed E-state index contributed by atoms with van der Waals surface area (Å²) in [6.45, 7) is 6.20.